The second-order valence-electron chi connectivity index (χ2n) is 4.02. The van der Waals surface area contributed by atoms with Gasteiger partial charge >= 0.3 is 0 Å². The molecule has 4 nitrogen and oxygen atoms in total. The number of nitrogens with one attached hydrogen (secondary N) is 1. The summed E-state index contributed by atoms with van der Waals surface area (Å²) in [4.78, 5) is 10.8. The molecule has 1 rings (SSSR count). The standard InChI is InChI=1S/C12H22N4/c1-5-7-10(3)16(4)11-8-9-14-12(15-11)13-6-2/h8-10H,5-7H2,1-4H3,(H,13,14,15). The van der Waals surface area contributed by atoms with Gasteiger partial charge in [0.1, 0.15) is 5.82 Å². The Morgan fingerprint density at radius 1 is 1.44 bits per heavy atom. The summed E-state index contributed by atoms with van der Waals surface area (Å²) in [5, 5.41) is 3.12. The van der Waals surface area contributed by atoms with Crippen molar-refractivity contribution >= 4 is 11.8 Å². The maximum Gasteiger partial charge on any atom is 0.224 e. The highest BCUT2D eigenvalue weighted by atomic mass is 15.2. The summed E-state index contributed by atoms with van der Waals surface area (Å²) in [5.41, 5.74) is 0. The van der Waals surface area contributed by atoms with Crippen molar-refractivity contribution < 1.29 is 0 Å². The van der Waals surface area contributed by atoms with Gasteiger partial charge in [0.2, 0.25) is 5.95 Å². The van der Waals surface area contributed by atoms with Crippen LogP contribution in [0, 0.1) is 0 Å². The van der Waals surface area contributed by atoms with Crippen LogP contribution in [0.25, 0.3) is 0 Å². The van der Waals surface area contributed by atoms with Crippen LogP contribution in [-0.2, 0) is 0 Å². The summed E-state index contributed by atoms with van der Waals surface area (Å²) < 4.78 is 0. The smallest absolute Gasteiger partial charge is 0.224 e. The number of aromatic nitrogens is 2. The monoisotopic (exact) mass is 222 g/mol. The first-order chi connectivity index (χ1) is 7.69. The molecule has 1 atom stereocenters. The van der Waals surface area contributed by atoms with Gasteiger partial charge in [0.05, 0.1) is 0 Å². The van der Waals surface area contributed by atoms with Crippen molar-refractivity contribution in [3.63, 3.8) is 0 Å². The van der Waals surface area contributed by atoms with Crippen molar-refractivity contribution in [3.05, 3.63) is 12.3 Å². The molecular formula is C12H22N4. The van der Waals surface area contributed by atoms with Gasteiger partial charge in [-0.25, -0.2) is 4.98 Å². The van der Waals surface area contributed by atoms with Gasteiger partial charge in [-0.3, -0.25) is 0 Å². The lowest BCUT2D eigenvalue weighted by Crippen LogP contribution is -2.29. The largest absolute Gasteiger partial charge is 0.357 e. The molecule has 0 saturated carbocycles. The molecular weight excluding hydrogens is 200 g/mol. The third kappa shape index (κ3) is 3.36. The highest BCUT2D eigenvalue weighted by molar-refractivity contribution is 5.42. The molecule has 0 radical (unpaired) electrons. The SMILES string of the molecule is CCCC(C)N(C)c1ccnc(NCC)n1. The third-order valence-corrected chi connectivity index (χ3v) is 2.70. The lowest BCUT2D eigenvalue weighted by molar-refractivity contribution is 0.611. The summed E-state index contributed by atoms with van der Waals surface area (Å²) in [7, 11) is 2.08. The van der Waals surface area contributed by atoms with Crippen LogP contribution in [0.15, 0.2) is 12.3 Å². The number of hydrogen-bond donors (Lipinski definition) is 1. The molecule has 0 aliphatic carbocycles. The Morgan fingerprint density at radius 2 is 2.19 bits per heavy atom. The van der Waals surface area contributed by atoms with Gasteiger partial charge in [-0.05, 0) is 26.3 Å². The number of anilines is 2. The first-order valence-corrected chi connectivity index (χ1v) is 5.98. The molecule has 1 heterocycles. The molecule has 0 spiro atoms. The molecule has 90 valence electrons. The molecule has 16 heavy (non-hydrogen) atoms. The maximum absolute atomic E-state index is 4.47. The van der Waals surface area contributed by atoms with Crippen LogP contribution in [0.3, 0.4) is 0 Å². The molecule has 1 unspecified atom stereocenters. The number of rotatable bonds is 6. The van der Waals surface area contributed by atoms with Crippen LogP contribution in [0.4, 0.5) is 11.8 Å². The van der Waals surface area contributed by atoms with E-state index < -0.39 is 0 Å². The molecule has 0 aliphatic heterocycles. The Morgan fingerprint density at radius 3 is 2.81 bits per heavy atom. The molecule has 0 aliphatic rings. The zero-order valence-corrected chi connectivity index (χ0v) is 10.7. The van der Waals surface area contributed by atoms with E-state index in [0.717, 1.165) is 12.4 Å². The quantitative estimate of drug-likeness (QED) is 0.803. The van der Waals surface area contributed by atoms with Crippen molar-refractivity contribution in [2.75, 3.05) is 23.8 Å². The van der Waals surface area contributed by atoms with Crippen molar-refractivity contribution in [3.8, 4) is 0 Å². The summed E-state index contributed by atoms with van der Waals surface area (Å²) in [6, 6.07) is 2.46. The van der Waals surface area contributed by atoms with E-state index in [9.17, 15) is 0 Å². The molecule has 0 amide bonds. The van der Waals surface area contributed by atoms with Crippen LogP contribution in [0.2, 0.25) is 0 Å². The second-order valence-corrected chi connectivity index (χ2v) is 4.02. The summed E-state index contributed by atoms with van der Waals surface area (Å²) >= 11 is 0. The second kappa shape index (κ2) is 6.30. The first-order valence-electron chi connectivity index (χ1n) is 5.98. The van der Waals surface area contributed by atoms with Gasteiger partial charge in [0.15, 0.2) is 0 Å². The first kappa shape index (κ1) is 12.7. The van der Waals surface area contributed by atoms with Gasteiger partial charge in [-0.2, -0.15) is 4.98 Å². The molecule has 4 heteroatoms. The fourth-order valence-corrected chi connectivity index (χ4v) is 1.63. The van der Waals surface area contributed by atoms with Gasteiger partial charge in [0.25, 0.3) is 0 Å². The van der Waals surface area contributed by atoms with Crippen molar-refractivity contribution in [2.24, 2.45) is 0 Å². The van der Waals surface area contributed by atoms with E-state index in [0.29, 0.717) is 12.0 Å². The minimum atomic E-state index is 0.509. The van der Waals surface area contributed by atoms with Crippen LogP contribution >= 0.6 is 0 Å². The van der Waals surface area contributed by atoms with Crippen LogP contribution in [0.5, 0.6) is 0 Å². The molecule has 1 N–H and O–H groups in total. The van der Waals surface area contributed by atoms with E-state index >= 15 is 0 Å². The van der Waals surface area contributed by atoms with E-state index in [-0.39, 0.29) is 0 Å². The number of nitrogens with zero attached hydrogens (tertiary/aromatic N) is 3. The Labute approximate surface area is 98.1 Å². The zero-order valence-electron chi connectivity index (χ0n) is 10.7. The van der Waals surface area contributed by atoms with Gasteiger partial charge in [-0.1, -0.05) is 13.3 Å². The van der Waals surface area contributed by atoms with Crippen molar-refractivity contribution in [1.29, 1.82) is 0 Å². The summed E-state index contributed by atoms with van der Waals surface area (Å²) in [6.45, 7) is 7.31. The molecule has 0 saturated heterocycles. The average Bonchev–Trinajstić information content (AvgIpc) is 2.29. The van der Waals surface area contributed by atoms with Crippen LogP contribution in [-0.4, -0.2) is 29.6 Å². The average molecular weight is 222 g/mol. The van der Waals surface area contributed by atoms with E-state index in [1.807, 2.05) is 13.0 Å². The van der Waals surface area contributed by atoms with Gasteiger partial charge < -0.3 is 10.2 Å². The maximum atomic E-state index is 4.47. The minimum absolute atomic E-state index is 0.509. The fourth-order valence-electron chi connectivity index (χ4n) is 1.63. The van der Waals surface area contributed by atoms with E-state index in [1.165, 1.54) is 12.8 Å². The Balaban J connectivity index is 2.74. The molecule has 0 fully saturated rings. The van der Waals surface area contributed by atoms with Crippen molar-refractivity contribution in [2.45, 2.75) is 39.7 Å². The van der Waals surface area contributed by atoms with Gasteiger partial charge in [-0.15, -0.1) is 0 Å². The highest BCUT2D eigenvalue weighted by Crippen LogP contribution is 2.15. The summed E-state index contributed by atoms with van der Waals surface area (Å²) in [6.07, 6.45) is 4.17. The third-order valence-electron chi connectivity index (χ3n) is 2.70. The van der Waals surface area contributed by atoms with Crippen LogP contribution < -0.4 is 10.2 Å². The van der Waals surface area contributed by atoms with Crippen molar-refractivity contribution in [1.82, 2.24) is 9.97 Å². The Kier molecular flexibility index (Phi) is 5.02. The zero-order chi connectivity index (χ0) is 12.0. The Hall–Kier alpha value is -1.32. The van der Waals surface area contributed by atoms with Crippen LogP contribution in [0.1, 0.15) is 33.6 Å². The normalized spacial score (nSPS) is 12.2. The molecule has 1 aromatic rings. The lowest BCUT2D eigenvalue weighted by Gasteiger charge is -2.25. The highest BCUT2D eigenvalue weighted by Gasteiger charge is 2.10. The predicted molar refractivity (Wildman–Crippen MR) is 69.0 cm³/mol. The molecule has 0 bridgehead atoms. The van der Waals surface area contributed by atoms with Gasteiger partial charge in [0, 0.05) is 25.8 Å². The topological polar surface area (TPSA) is 41.1 Å². The molecule has 0 aromatic carbocycles. The van der Waals surface area contributed by atoms with E-state index in [2.05, 4.69) is 41.1 Å². The predicted octanol–water partition coefficient (Wildman–Crippen LogP) is 2.53. The lowest BCUT2D eigenvalue weighted by atomic mass is 10.2. The fraction of sp³-hybridized carbons (Fsp3) is 0.667. The molecule has 1 aromatic heterocycles. The van der Waals surface area contributed by atoms with E-state index in [1.54, 1.807) is 6.20 Å². The minimum Gasteiger partial charge on any atom is -0.357 e. The summed E-state index contributed by atoms with van der Waals surface area (Å²) in [5.74, 6) is 1.68. The van der Waals surface area contributed by atoms with E-state index in [4.69, 9.17) is 0 Å². The Bertz CT molecular complexity index is 314. The number of hydrogen-bond acceptors (Lipinski definition) is 4.